The Bertz CT molecular complexity index is 612. The molecule has 18 heavy (non-hydrogen) atoms. The monoisotopic (exact) mass is 245 g/mol. The third-order valence-electron chi connectivity index (χ3n) is 3.56. The number of hydrogen-bond donors (Lipinski definition) is 1. The first-order valence-electron chi connectivity index (χ1n) is 6.16. The lowest BCUT2D eigenvalue weighted by molar-refractivity contribution is 0.627. The van der Waals surface area contributed by atoms with Gasteiger partial charge in [0.1, 0.15) is 23.2 Å². The Hall–Kier alpha value is -1.84. The van der Waals surface area contributed by atoms with Crippen LogP contribution >= 0.6 is 0 Å². The van der Waals surface area contributed by atoms with Gasteiger partial charge in [-0.3, -0.25) is 0 Å². The molecule has 0 bridgehead atoms. The van der Waals surface area contributed by atoms with E-state index in [1.807, 2.05) is 18.5 Å². The van der Waals surface area contributed by atoms with Crippen molar-refractivity contribution in [3.8, 4) is 11.3 Å². The molecule has 1 saturated carbocycles. The summed E-state index contributed by atoms with van der Waals surface area (Å²) < 4.78 is 15.1. The van der Waals surface area contributed by atoms with E-state index in [0.717, 1.165) is 22.6 Å². The largest absolute Gasteiger partial charge is 0.383 e. The van der Waals surface area contributed by atoms with E-state index in [1.165, 1.54) is 25.0 Å². The molecule has 0 aliphatic heterocycles. The predicted molar refractivity (Wildman–Crippen MR) is 69.7 cm³/mol. The van der Waals surface area contributed by atoms with Gasteiger partial charge < -0.3 is 10.3 Å². The summed E-state index contributed by atoms with van der Waals surface area (Å²) in [4.78, 5) is 4.65. The summed E-state index contributed by atoms with van der Waals surface area (Å²) in [6, 6.07) is 4.72. The van der Waals surface area contributed by atoms with E-state index in [-0.39, 0.29) is 5.82 Å². The van der Waals surface area contributed by atoms with E-state index < -0.39 is 0 Å². The molecule has 3 rings (SSSR count). The average molecular weight is 245 g/mol. The molecule has 0 amide bonds. The van der Waals surface area contributed by atoms with Gasteiger partial charge in [0.15, 0.2) is 0 Å². The zero-order valence-electron chi connectivity index (χ0n) is 10.6. The summed E-state index contributed by atoms with van der Waals surface area (Å²) in [5, 5.41) is 0. The summed E-state index contributed by atoms with van der Waals surface area (Å²) in [5.41, 5.74) is 8.67. The number of rotatable bonds is 2. The fraction of sp³-hybridized carbons (Fsp3) is 0.357. The first kappa shape index (κ1) is 11.3. The normalized spacial score (nSPS) is 15.1. The Morgan fingerprint density at radius 1 is 1.39 bits per heavy atom. The highest BCUT2D eigenvalue weighted by Crippen LogP contribution is 2.42. The quantitative estimate of drug-likeness (QED) is 0.883. The zero-order valence-corrected chi connectivity index (χ0v) is 10.6. The van der Waals surface area contributed by atoms with Gasteiger partial charge >= 0.3 is 0 Å². The SMILES string of the molecule is Cc1cc(F)ccc1-c1nc(C2CC2)n(C)c1N. The third-order valence-corrected chi connectivity index (χ3v) is 3.56. The van der Waals surface area contributed by atoms with Crippen molar-refractivity contribution in [2.75, 3.05) is 5.73 Å². The number of nitrogens with two attached hydrogens (primary N) is 1. The fourth-order valence-corrected chi connectivity index (χ4v) is 2.33. The minimum atomic E-state index is -0.229. The molecule has 0 unspecified atom stereocenters. The maximum Gasteiger partial charge on any atom is 0.131 e. The molecule has 1 aliphatic rings. The van der Waals surface area contributed by atoms with Crippen LogP contribution in [0.2, 0.25) is 0 Å². The summed E-state index contributed by atoms with van der Waals surface area (Å²) >= 11 is 0. The van der Waals surface area contributed by atoms with Crippen LogP contribution in [0.25, 0.3) is 11.3 Å². The van der Waals surface area contributed by atoms with Gasteiger partial charge in [-0.1, -0.05) is 0 Å². The number of benzene rings is 1. The highest BCUT2D eigenvalue weighted by atomic mass is 19.1. The van der Waals surface area contributed by atoms with Crippen molar-refractivity contribution in [2.24, 2.45) is 7.05 Å². The first-order chi connectivity index (χ1) is 8.58. The van der Waals surface area contributed by atoms with Crippen LogP contribution < -0.4 is 5.73 Å². The topological polar surface area (TPSA) is 43.8 Å². The second-order valence-corrected chi connectivity index (χ2v) is 5.00. The Kier molecular flexibility index (Phi) is 2.40. The minimum Gasteiger partial charge on any atom is -0.383 e. The number of anilines is 1. The molecular weight excluding hydrogens is 229 g/mol. The Morgan fingerprint density at radius 3 is 2.72 bits per heavy atom. The number of imidazole rings is 1. The molecule has 2 N–H and O–H groups in total. The molecule has 0 spiro atoms. The maximum atomic E-state index is 13.1. The van der Waals surface area contributed by atoms with Crippen LogP contribution in [0.4, 0.5) is 10.2 Å². The Balaban J connectivity index is 2.13. The number of nitrogens with zero attached hydrogens (tertiary/aromatic N) is 2. The highest BCUT2D eigenvalue weighted by Gasteiger charge is 2.30. The third kappa shape index (κ3) is 1.68. The molecule has 3 nitrogen and oxygen atoms in total. The van der Waals surface area contributed by atoms with Crippen LogP contribution in [-0.2, 0) is 7.05 Å². The molecule has 1 fully saturated rings. The maximum absolute atomic E-state index is 13.1. The van der Waals surface area contributed by atoms with Crippen molar-refractivity contribution >= 4 is 5.82 Å². The summed E-state index contributed by atoms with van der Waals surface area (Å²) in [6.07, 6.45) is 2.37. The lowest BCUT2D eigenvalue weighted by atomic mass is 10.1. The van der Waals surface area contributed by atoms with Crippen LogP contribution in [0.15, 0.2) is 18.2 Å². The van der Waals surface area contributed by atoms with Crippen LogP contribution in [0.1, 0.15) is 30.1 Å². The van der Waals surface area contributed by atoms with E-state index in [2.05, 4.69) is 4.98 Å². The summed E-state index contributed by atoms with van der Waals surface area (Å²) in [5.74, 6) is 2.03. The van der Waals surface area contributed by atoms with Crippen molar-refractivity contribution in [3.05, 3.63) is 35.4 Å². The lowest BCUT2D eigenvalue weighted by Crippen LogP contribution is -2.00. The van der Waals surface area contributed by atoms with Crippen LogP contribution in [-0.4, -0.2) is 9.55 Å². The van der Waals surface area contributed by atoms with Crippen LogP contribution in [0.5, 0.6) is 0 Å². The van der Waals surface area contributed by atoms with E-state index >= 15 is 0 Å². The fourth-order valence-electron chi connectivity index (χ4n) is 2.33. The van der Waals surface area contributed by atoms with Gasteiger partial charge in [0.05, 0.1) is 0 Å². The average Bonchev–Trinajstić information content (AvgIpc) is 3.11. The van der Waals surface area contributed by atoms with Crippen LogP contribution in [0, 0.1) is 12.7 Å². The predicted octanol–water partition coefficient (Wildman–Crippen LogP) is 2.99. The van der Waals surface area contributed by atoms with E-state index in [0.29, 0.717) is 11.7 Å². The van der Waals surface area contributed by atoms with E-state index in [4.69, 9.17) is 5.73 Å². The minimum absolute atomic E-state index is 0.229. The smallest absolute Gasteiger partial charge is 0.131 e. The Morgan fingerprint density at radius 2 is 2.11 bits per heavy atom. The van der Waals surface area contributed by atoms with Gasteiger partial charge in [0, 0.05) is 18.5 Å². The molecule has 4 heteroatoms. The van der Waals surface area contributed by atoms with E-state index in [1.54, 1.807) is 6.07 Å². The second-order valence-electron chi connectivity index (χ2n) is 5.00. The molecule has 1 aromatic carbocycles. The molecule has 1 aliphatic carbocycles. The summed E-state index contributed by atoms with van der Waals surface area (Å²) in [7, 11) is 1.94. The molecule has 1 aromatic heterocycles. The molecule has 2 aromatic rings. The van der Waals surface area contributed by atoms with E-state index in [9.17, 15) is 4.39 Å². The second kappa shape index (κ2) is 3.83. The van der Waals surface area contributed by atoms with Crippen molar-refractivity contribution in [3.63, 3.8) is 0 Å². The molecule has 1 heterocycles. The van der Waals surface area contributed by atoms with Crippen LogP contribution in [0.3, 0.4) is 0 Å². The van der Waals surface area contributed by atoms with Gasteiger partial charge in [0.25, 0.3) is 0 Å². The number of halogens is 1. The molecular formula is C14H16FN3. The van der Waals surface area contributed by atoms with Crippen molar-refractivity contribution < 1.29 is 4.39 Å². The van der Waals surface area contributed by atoms with Gasteiger partial charge in [-0.05, 0) is 43.5 Å². The van der Waals surface area contributed by atoms with Gasteiger partial charge in [-0.2, -0.15) is 0 Å². The summed E-state index contributed by atoms with van der Waals surface area (Å²) in [6.45, 7) is 1.88. The molecule has 0 radical (unpaired) electrons. The van der Waals surface area contributed by atoms with Gasteiger partial charge in [0.2, 0.25) is 0 Å². The van der Waals surface area contributed by atoms with Crippen molar-refractivity contribution in [2.45, 2.75) is 25.7 Å². The molecule has 0 atom stereocenters. The first-order valence-corrected chi connectivity index (χ1v) is 6.16. The number of nitrogen functional groups attached to an aromatic ring is 1. The molecule has 94 valence electrons. The van der Waals surface area contributed by atoms with Gasteiger partial charge in [-0.15, -0.1) is 0 Å². The van der Waals surface area contributed by atoms with Crippen molar-refractivity contribution in [1.29, 1.82) is 0 Å². The highest BCUT2D eigenvalue weighted by molar-refractivity contribution is 5.73. The zero-order chi connectivity index (χ0) is 12.9. The standard InChI is InChI=1S/C14H16FN3/c1-8-7-10(15)5-6-11(8)12-13(16)18(2)14(17-12)9-3-4-9/h5-7,9H,3-4,16H2,1-2H3. The van der Waals surface area contributed by atoms with Crippen molar-refractivity contribution in [1.82, 2.24) is 9.55 Å². The Labute approximate surface area is 105 Å². The lowest BCUT2D eigenvalue weighted by Gasteiger charge is -2.04. The number of aryl methyl sites for hydroxylation is 1. The number of aromatic nitrogens is 2. The molecule has 0 saturated heterocycles. The van der Waals surface area contributed by atoms with Gasteiger partial charge in [-0.25, -0.2) is 9.37 Å². The number of hydrogen-bond acceptors (Lipinski definition) is 2.